The van der Waals surface area contributed by atoms with E-state index in [0.29, 0.717) is 38.0 Å². The monoisotopic (exact) mass is 623 g/mol. The molecule has 0 radical (unpaired) electrons. The maximum absolute atomic E-state index is 14.7. The molecule has 6 fully saturated rings. The molecule has 2 amide bonds. The van der Waals surface area contributed by atoms with Gasteiger partial charge in [0.1, 0.15) is 5.67 Å². The van der Waals surface area contributed by atoms with E-state index >= 15 is 0 Å². The average molecular weight is 624 g/mol. The number of ether oxygens (including phenoxy) is 1. The van der Waals surface area contributed by atoms with E-state index < -0.39 is 11.1 Å². The van der Waals surface area contributed by atoms with Crippen molar-refractivity contribution in [2.75, 3.05) is 32.1 Å². The molecule has 10 rings (SSSR count). The van der Waals surface area contributed by atoms with Crippen LogP contribution >= 0.6 is 11.3 Å². The molecule has 6 aliphatic rings. The molecule has 45 heavy (non-hydrogen) atoms. The Morgan fingerprint density at radius 1 is 0.933 bits per heavy atom. The maximum Gasteiger partial charge on any atom is 0.253 e. The van der Waals surface area contributed by atoms with E-state index in [1.165, 1.54) is 0 Å². The maximum atomic E-state index is 14.7. The number of halogens is 1. The number of anilines is 1. The van der Waals surface area contributed by atoms with Crippen LogP contribution in [0.2, 0.25) is 0 Å². The second-order valence-corrected chi connectivity index (χ2v) is 15.6. The summed E-state index contributed by atoms with van der Waals surface area (Å²) in [4.78, 5) is 34.9. The summed E-state index contributed by atoms with van der Waals surface area (Å²) in [5.41, 5.74) is 3.56. The van der Waals surface area contributed by atoms with Crippen LogP contribution in [0.3, 0.4) is 0 Å². The minimum absolute atomic E-state index is 0.0123. The number of amides is 2. The first-order valence-electron chi connectivity index (χ1n) is 16.0. The second kappa shape index (κ2) is 9.94. The standard InChI is InChI=1S/C37H38FN3O3S/c1-24-39-30-12-9-27(18-31(30)45-24)26-5-4-6-29(17-26)41(33(43)35-19-36(38,20-35)21-35)22-34-13-15-37(16-14-34,44-23-34)28-10-7-25(8-11-28)32(42)40(2)3/h4-12,17-18H,13-16,19-23H2,1-3H3. The Labute approximate surface area is 267 Å². The minimum atomic E-state index is -1.14. The Morgan fingerprint density at radius 2 is 1.64 bits per heavy atom. The van der Waals surface area contributed by atoms with Gasteiger partial charge in [0, 0.05) is 37.3 Å². The molecule has 232 valence electrons. The molecule has 8 heteroatoms. The summed E-state index contributed by atoms with van der Waals surface area (Å²) in [5.74, 6) is 0.0484. The quantitative estimate of drug-likeness (QED) is 0.212. The second-order valence-electron chi connectivity index (χ2n) is 14.4. The molecule has 0 N–H and O–H groups in total. The van der Waals surface area contributed by atoms with Crippen molar-refractivity contribution in [3.05, 3.63) is 82.9 Å². The number of aromatic nitrogens is 1. The van der Waals surface area contributed by atoms with Crippen LogP contribution in [0.4, 0.5) is 10.1 Å². The predicted molar refractivity (Wildman–Crippen MR) is 175 cm³/mol. The molecule has 4 bridgehead atoms. The molecule has 3 aromatic carbocycles. The van der Waals surface area contributed by atoms with E-state index in [0.717, 1.165) is 63.3 Å². The van der Waals surface area contributed by atoms with E-state index in [9.17, 15) is 14.0 Å². The number of nitrogens with zero attached hydrogens (tertiary/aromatic N) is 3. The summed E-state index contributed by atoms with van der Waals surface area (Å²) in [6.45, 7) is 3.15. The molecule has 3 heterocycles. The first-order chi connectivity index (χ1) is 21.5. The summed E-state index contributed by atoms with van der Waals surface area (Å²) in [6.07, 6.45) is 4.64. The van der Waals surface area contributed by atoms with Gasteiger partial charge in [-0.1, -0.05) is 30.3 Å². The summed E-state index contributed by atoms with van der Waals surface area (Å²) >= 11 is 1.68. The Hall–Kier alpha value is -3.62. The lowest BCUT2D eigenvalue weighted by Crippen LogP contribution is -2.71. The number of aryl methyl sites for hydroxylation is 1. The number of rotatable bonds is 7. The molecule has 2 aliphatic heterocycles. The topological polar surface area (TPSA) is 62.7 Å². The fourth-order valence-electron chi connectivity index (χ4n) is 8.38. The zero-order chi connectivity index (χ0) is 31.2. The van der Waals surface area contributed by atoms with E-state index in [1.807, 2.05) is 48.2 Å². The molecule has 0 atom stereocenters. The molecule has 0 spiro atoms. The van der Waals surface area contributed by atoms with Crippen LogP contribution in [0.5, 0.6) is 0 Å². The third-order valence-electron chi connectivity index (χ3n) is 11.0. The Bertz CT molecular complexity index is 1800. The zero-order valence-electron chi connectivity index (χ0n) is 26.1. The lowest BCUT2D eigenvalue weighted by molar-refractivity contribution is -0.213. The Kier molecular flexibility index (Phi) is 6.37. The first-order valence-corrected chi connectivity index (χ1v) is 16.8. The van der Waals surface area contributed by atoms with Crippen molar-refractivity contribution in [1.82, 2.24) is 9.88 Å². The lowest BCUT2D eigenvalue weighted by atomic mass is 9.41. The molecule has 2 saturated heterocycles. The van der Waals surface area contributed by atoms with Crippen molar-refractivity contribution in [2.24, 2.45) is 10.8 Å². The van der Waals surface area contributed by atoms with E-state index in [1.54, 1.807) is 30.3 Å². The van der Waals surface area contributed by atoms with Crippen molar-refractivity contribution in [3.63, 3.8) is 0 Å². The van der Waals surface area contributed by atoms with Crippen molar-refractivity contribution < 1.29 is 18.7 Å². The van der Waals surface area contributed by atoms with E-state index in [2.05, 4.69) is 35.3 Å². The summed E-state index contributed by atoms with van der Waals surface area (Å²) in [5, 5.41) is 1.04. The van der Waals surface area contributed by atoms with Crippen LogP contribution in [-0.2, 0) is 15.1 Å². The van der Waals surface area contributed by atoms with E-state index in [4.69, 9.17) is 4.74 Å². The van der Waals surface area contributed by atoms with Crippen LogP contribution in [-0.4, -0.2) is 54.6 Å². The summed E-state index contributed by atoms with van der Waals surface area (Å²) in [7, 11) is 3.52. The zero-order valence-corrected chi connectivity index (χ0v) is 26.9. The first kappa shape index (κ1) is 28.8. The van der Waals surface area contributed by atoms with E-state index in [-0.39, 0.29) is 22.8 Å². The van der Waals surface area contributed by atoms with Crippen molar-refractivity contribution >= 4 is 39.1 Å². The van der Waals surface area contributed by atoms with Crippen molar-refractivity contribution in [1.29, 1.82) is 0 Å². The van der Waals surface area contributed by atoms with Gasteiger partial charge in [0.25, 0.3) is 5.91 Å². The van der Waals surface area contributed by atoms with Gasteiger partial charge in [-0.05, 0) is 105 Å². The van der Waals surface area contributed by atoms with Crippen molar-refractivity contribution in [3.8, 4) is 11.1 Å². The van der Waals surface area contributed by atoms with Crippen molar-refractivity contribution in [2.45, 2.75) is 63.1 Å². The van der Waals surface area contributed by atoms with Crippen LogP contribution in [0.15, 0.2) is 66.7 Å². The number of hydrogen-bond donors (Lipinski definition) is 0. The van der Waals surface area contributed by atoms with Gasteiger partial charge in [0.05, 0.1) is 32.8 Å². The number of carbonyl (C=O) groups excluding carboxylic acids is 2. The summed E-state index contributed by atoms with van der Waals surface area (Å²) in [6, 6.07) is 22.5. The fraction of sp³-hybridized carbons (Fsp3) is 0.432. The molecule has 0 unspecified atom stereocenters. The lowest BCUT2D eigenvalue weighted by Gasteiger charge is -2.65. The molecule has 4 aliphatic carbocycles. The third-order valence-corrected chi connectivity index (χ3v) is 11.9. The largest absolute Gasteiger partial charge is 0.370 e. The van der Waals surface area contributed by atoms with Crippen LogP contribution in [0.25, 0.3) is 21.3 Å². The molecule has 6 nitrogen and oxygen atoms in total. The minimum Gasteiger partial charge on any atom is -0.370 e. The van der Waals surface area contributed by atoms with Gasteiger partial charge in [0.15, 0.2) is 0 Å². The van der Waals surface area contributed by atoms with Gasteiger partial charge in [-0.2, -0.15) is 0 Å². The summed E-state index contributed by atoms with van der Waals surface area (Å²) < 4.78 is 22.5. The number of fused-ring (bicyclic) bond motifs is 4. The number of benzene rings is 3. The smallest absolute Gasteiger partial charge is 0.253 e. The Morgan fingerprint density at radius 3 is 2.29 bits per heavy atom. The number of thiazole rings is 1. The van der Waals surface area contributed by atoms with Gasteiger partial charge in [-0.25, -0.2) is 9.37 Å². The highest BCUT2D eigenvalue weighted by atomic mass is 32.1. The highest BCUT2D eigenvalue weighted by Gasteiger charge is 2.73. The van der Waals surface area contributed by atoms with Gasteiger partial charge in [0.2, 0.25) is 5.91 Å². The molecule has 4 saturated carbocycles. The molecule has 4 aromatic rings. The van der Waals surface area contributed by atoms with Gasteiger partial charge >= 0.3 is 0 Å². The molecule has 1 aromatic heterocycles. The molecular formula is C37H38FN3O3S. The van der Waals surface area contributed by atoms with Crippen LogP contribution in [0.1, 0.15) is 65.9 Å². The van der Waals surface area contributed by atoms with Gasteiger partial charge in [-0.3, -0.25) is 9.59 Å². The number of alkyl halides is 1. The van der Waals surface area contributed by atoms with Crippen LogP contribution < -0.4 is 4.90 Å². The Balaban J connectivity index is 1.06. The SMILES string of the molecule is Cc1nc2ccc(-c3cccc(N(CC45CCC(c6ccc(C(=O)N(C)C)cc6)(CC4)OC5)C(=O)C45CC(F)(C4)C5)c3)cc2s1. The molecular weight excluding hydrogens is 585 g/mol. The fourth-order valence-corrected chi connectivity index (χ4v) is 9.25. The average Bonchev–Trinajstić information content (AvgIpc) is 3.41. The van der Waals surface area contributed by atoms with Gasteiger partial charge in [-0.15, -0.1) is 11.3 Å². The normalized spacial score (nSPS) is 29.6. The third kappa shape index (κ3) is 4.63. The van der Waals surface area contributed by atoms with Gasteiger partial charge < -0.3 is 14.5 Å². The number of hydrogen-bond acceptors (Lipinski definition) is 5. The highest BCUT2D eigenvalue weighted by Crippen LogP contribution is 2.70. The number of carbonyl (C=O) groups is 2. The highest BCUT2D eigenvalue weighted by molar-refractivity contribution is 7.18. The predicted octanol–water partition coefficient (Wildman–Crippen LogP) is 7.68. The van der Waals surface area contributed by atoms with Crippen LogP contribution in [0, 0.1) is 17.8 Å².